The molecule has 3 aromatic rings. The molecule has 0 atom stereocenters. The third-order valence-electron chi connectivity index (χ3n) is 4.22. The summed E-state index contributed by atoms with van der Waals surface area (Å²) in [5, 5.41) is 14.6. The van der Waals surface area contributed by atoms with Gasteiger partial charge >= 0.3 is 0 Å². The van der Waals surface area contributed by atoms with Crippen molar-refractivity contribution in [1.82, 2.24) is 14.8 Å². The Labute approximate surface area is 187 Å². The van der Waals surface area contributed by atoms with Gasteiger partial charge in [0.2, 0.25) is 11.8 Å². The summed E-state index contributed by atoms with van der Waals surface area (Å²) in [5.41, 5.74) is 2.60. The number of anilines is 2. The van der Waals surface area contributed by atoms with Gasteiger partial charge in [-0.15, -0.1) is 10.2 Å². The molecule has 156 valence electrons. The molecule has 0 saturated heterocycles. The van der Waals surface area contributed by atoms with Crippen molar-refractivity contribution in [3.63, 3.8) is 0 Å². The first kappa shape index (κ1) is 22.0. The molecule has 2 N–H and O–H groups in total. The van der Waals surface area contributed by atoms with Crippen molar-refractivity contribution >= 4 is 50.9 Å². The second kappa shape index (κ2) is 10.4. The molecule has 3 rings (SSSR count). The Balaban J connectivity index is 1.56. The fraction of sp³-hybridized carbons (Fsp3) is 0.238. The molecule has 9 heteroatoms. The molecule has 0 bridgehead atoms. The van der Waals surface area contributed by atoms with Gasteiger partial charge in [-0.05, 0) is 50.2 Å². The fourth-order valence-corrected chi connectivity index (χ4v) is 3.81. The van der Waals surface area contributed by atoms with Crippen LogP contribution in [-0.2, 0) is 22.6 Å². The summed E-state index contributed by atoms with van der Waals surface area (Å²) in [7, 11) is 0. The van der Waals surface area contributed by atoms with E-state index in [0.717, 1.165) is 21.4 Å². The summed E-state index contributed by atoms with van der Waals surface area (Å²) in [6, 6.07) is 15.0. The van der Waals surface area contributed by atoms with Crippen molar-refractivity contribution in [2.45, 2.75) is 32.0 Å². The molecule has 0 aliphatic heterocycles. The zero-order valence-electron chi connectivity index (χ0n) is 16.7. The molecule has 30 heavy (non-hydrogen) atoms. The number of hydrogen-bond acceptors (Lipinski definition) is 5. The maximum Gasteiger partial charge on any atom is 0.234 e. The maximum absolute atomic E-state index is 12.4. The van der Waals surface area contributed by atoms with E-state index in [2.05, 4.69) is 36.8 Å². The van der Waals surface area contributed by atoms with E-state index in [1.807, 2.05) is 66.9 Å². The Bertz CT molecular complexity index is 1020. The Morgan fingerprint density at radius 1 is 0.967 bits per heavy atom. The normalized spacial score (nSPS) is 10.6. The zero-order valence-corrected chi connectivity index (χ0v) is 19.1. The van der Waals surface area contributed by atoms with Gasteiger partial charge in [0.1, 0.15) is 5.82 Å². The van der Waals surface area contributed by atoms with Gasteiger partial charge in [-0.3, -0.25) is 9.59 Å². The van der Waals surface area contributed by atoms with Crippen LogP contribution in [0.15, 0.2) is 58.2 Å². The Hall–Kier alpha value is -2.65. The SMILES string of the molecule is CCn1c(CC(=O)Nc2ccc(C)cc2)nnc1SCC(=O)Nc1ccc(Br)cc1. The minimum atomic E-state index is -0.162. The number of benzene rings is 2. The van der Waals surface area contributed by atoms with Crippen LogP contribution in [0.5, 0.6) is 0 Å². The molecule has 0 unspecified atom stereocenters. The quantitative estimate of drug-likeness (QED) is 0.462. The summed E-state index contributed by atoms with van der Waals surface area (Å²) < 4.78 is 2.80. The Morgan fingerprint density at radius 2 is 1.57 bits per heavy atom. The number of aryl methyl sites for hydroxylation is 1. The van der Waals surface area contributed by atoms with Crippen LogP contribution in [-0.4, -0.2) is 32.3 Å². The molecule has 0 aliphatic rings. The summed E-state index contributed by atoms with van der Waals surface area (Å²) in [4.78, 5) is 24.6. The second-order valence-corrected chi connectivity index (χ2v) is 8.44. The number of carbonyl (C=O) groups is 2. The third-order valence-corrected chi connectivity index (χ3v) is 5.72. The van der Waals surface area contributed by atoms with Gasteiger partial charge in [0.05, 0.1) is 12.2 Å². The van der Waals surface area contributed by atoms with E-state index < -0.39 is 0 Å². The molecule has 7 nitrogen and oxygen atoms in total. The molecule has 0 radical (unpaired) electrons. The van der Waals surface area contributed by atoms with E-state index in [0.29, 0.717) is 17.5 Å². The van der Waals surface area contributed by atoms with E-state index in [-0.39, 0.29) is 24.0 Å². The average Bonchev–Trinajstić information content (AvgIpc) is 3.11. The van der Waals surface area contributed by atoms with Crippen molar-refractivity contribution in [2.75, 3.05) is 16.4 Å². The van der Waals surface area contributed by atoms with E-state index in [1.165, 1.54) is 11.8 Å². The molecular weight excluding hydrogens is 466 g/mol. The Kier molecular flexibility index (Phi) is 7.64. The standard InChI is InChI=1S/C21H22BrN5O2S/c1-3-27-18(12-19(28)23-16-8-4-14(2)5-9-16)25-26-21(27)30-13-20(29)24-17-10-6-15(22)7-11-17/h4-11H,3,12-13H2,1-2H3,(H,23,28)(H,24,29). The third kappa shape index (κ3) is 6.17. The molecule has 0 aliphatic carbocycles. The number of amides is 2. The lowest BCUT2D eigenvalue weighted by Crippen LogP contribution is -2.18. The number of rotatable bonds is 8. The highest BCUT2D eigenvalue weighted by molar-refractivity contribution is 9.10. The van der Waals surface area contributed by atoms with E-state index >= 15 is 0 Å². The van der Waals surface area contributed by atoms with Crippen molar-refractivity contribution in [3.05, 3.63) is 64.4 Å². The van der Waals surface area contributed by atoms with Crippen LogP contribution >= 0.6 is 27.7 Å². The summed E-state index contributed by atoms with van der Waals surface area (Å²) in [5.74, 6) is 0.471. The second-order valence-electron chi connectivity index (χ2n) is 6.58. The molecule has 2 amide bonds. The highest BCUT2D eigenvalue weighted by Gasteiger charge is 2.16. The van der Waals surface area contributed by atoms with Crippen molar-refractivity contribution in [2.24, 2.45) is 0 Å². The lowest BCUT2D eigenvalue weighted by Gasteiger charge is -2.09. The van der Waals surface area contributed by atoms with Crippen LogP contribution in [0.25, 0.3) is 0 Å². The predicted molar refractivity (Wildman–Crippen MR) is 123 cm³/mol. The molecule has 0 spiro atoms. The molecule has 1 aromatic heterocycles. The highest BCUT2D eigenvalue weighted by Crippen LogP contribution is 2.19. The summed E-state index contributed by atoms with van der Waals surface area (Å²) >= 11 is 4.66. The number of halogens is 1. The van der Waals surface area contributed by atoms with Crippen LogP contribution in [0, 0.1) is 6.92 Å². The zero-order chi connectivity index (χ0) is 21.5. The smallest absolute Gasteiger partial charge is 0.234 e. The van der Waals surface area contributed by atoms with Crippen LogP contribution in [0.3, 0.4) is 0 Å². The van der Waals surface area contributed by atoms with Gasteiger partial charge in [-0.25, -0.2) is 0 Å². The van der Waals surface area contributed by atoms with Gasteiger partial charge in [0.15, 0.2) is 5.16 Å². The Morgan fingerprint density at radius 3 is 2.20 bits per heavy atom. The van der Waals surface area contributed by atoms with Gasteiger partial charge in [0.25, 0.3) is 0 Å². The monoisotopic (exact) mass is 487 g/mol. The van der Waals surface area contributed by atoms with Crippen LogP contribution < -0.4 is 10.6 Å². The number of aromatic nitrogens is 3. The minimum absolute atomic E-state index is 0.111. The molecule has 1 heterocycles. The van der Waals surface area contributed by atoms with E-state index in [9.17, 15) is 9.59 Å². The summed E-state index contributed by atoms with van der Waals surface area (Å²) in [6.07, 6.45) is 0.111. The van der Waals surface area contributed by atoms with Crippen molar-refractivity contribution < 1.29 is 9.59 Å². The van der Waals surface area contributed by atoms with Crippen molar-refractivity contribution in [3.8, 4) is 0 Å². The molecule has 2 aromatic carbocycles. The number of nitrogens with one attached hydrogen (secondary N) is 2. The fourth-order valence-electron chi connectivity index (χ4n) is 2.72. The van der Waals surface area contributed by atoms with E-state index in [1.54, 1.807) is 0 Å². The van der Waals surface area contributed by atoms with Gasteiger partial charge < -0.3 is 15.2 Å². The highest BCUT2D eigenvalue weighted by atomic mass is 79.9. The maximum atomic E-state index is 12.4. The lowest BCUT2D eigenvalue weighted by atomic mass is 10.2. The minimum Gasteiger partial charge on any atom is -0.326 e. The first-order valence-corrected chi connectivity index (χ1v) is 11.2. The first-order chi connectivity index (χ1) is 14.4. The van der Waals surface area contributed by atoms with Gasteiger partial charge in [0, 0.05) is 22.4 Å². The number of nitrogens with zero attached hydrogens (tertiary/aromatic N) is 3. The molecular formula is C21H22BrN5O2S. The largest absolute Gasteiger partial charge is 0.326 e. The first-order valence-electron chi connectivity index (χ1n) is 9.41. The van der Waals surface area contributed by atoms with E-state index in [4.69, 9.17) is 0 Å². The lowest BCUT2D eigenvalue weighted by molar-refractivity contribution is -0.116. The number of hydrogen-bond donors (Lipinski definition) is 2. The topological polar surface area (TPSA) is 88.9 Å². The predicted octanol–water partition coefficient (Wildman–Crippen LogP) is 4.28. The number of thioether (sulfide) groups is 1. The van der Waals surface area contributed by atoms with Gasteiger partial charge in [-0.1, -0.05) is 45.4 Å². The van der Waals surface area contributed by atoms with Crippen LogP contribution in [0.2, 0.25) is 0 Å². The molecule has 0 fully saturated rings. The van der Waals surface area contributed by atoms with Crippen LogP contribution in [0.4, 0.5) is 11.4 Å². The molecule has 0 saturated carbocycles. The average molecular weight is 488 g/mol. The van der Waals surface area contributed by atoms with Crippen LogP contribution in [0.1, 0.15) is 18.3 Å². The van der Waals surface area contributed by atoms with Crippen molar-refractivity contribution in [1.29, 1.82) is 0 Å². The van der Waals surface area contributed by atoms with Gasteiger partial charge in [-0.2, -0.15) is 0 Å². The number of carbonyl (C=O) groups excluding carboxylic acids is 2. The summed E-state index contributed by atoms with van der Waals surface area (Å²) in [6.45, 7) is 4.56.